The number of aromatic nitrogens is 1. The molecule has 7 heteroatoms. The minimum Gasteiger partial charge on any atom is -0.422 e. The number of benzene rings is 2. The van der Waals surface area contributed by atoms with Gasteiger partial charge in [0.15, 0.2) is 11.9 Å². The van der Waals surface area contributed by atoms with Gasteiger partial charge in [0.2, 0.25) is 11.8 Å². The van der Waals surface area contributed by atoms with Crippen molar-refractivity contribution in [1.82, 2.24) is 5.16 Å². The number of aliphatic imine (C=N–C) groups is 1. The third kappa shape index (κ3) is 4.15. The Labute approximate surface area is 165 Å². The van der Waals surface area contributed by atoms with Crippen molar-refractivity contribution in [2.24, 2.45) is 4.99 Å². The Morgan fingerprint density at radius 3 is 2.48 bits per heavy atom. The van der Waals surface area contributed by atoms with Crippen molar-refractivity contribution < 1.29 is 14.4 Å². The highest BCUT2D eigenvalue weighted by Gasteiger charge is 2.27. The van der Waals surface area contributed by atoms with E-state index in [0.29, 0.717) is 22.6 Å². The van der Waals surface area contributed by atoms with Crippen LogP contribution in [0.1, 0.15) is 22.9 Å². The van der Waals surface area contributed by atoms with E-state index in [2.05, 4.69) is 26.1 Å². The SMILES string of the molecule is CN=C(OC(=N)C(O)c1c(C)noc1-c1ccc(Br)cc1)c1ccccc1. The molecule has 1 atom stereocenters. The fourth-order valence-corrected chi connectivity index (χ4v) is 2.88. The molecule has 0 saturated carbocycles. The Hall–Kier alpha value is -2.77. The molecule has 0 fully saturated rings. The van der Waals surface area contributed by atoms with Gasteiger partial charge in [-0.3, -0.25) is 10.4 Å². The van der Waals surface area contributed by atoms with Crippen molar-refractivity contribution in [3.8, 4) is 11.3 Å². The van der Waals surface area contributed by atoms with Crippen molar-refractivity contribution in [1.29, 1.82) is 5.41 Å². The molecule has 6 nitrogen and oxygen atoms in total. The highest BCUT2D eigenvalue weighted by Crippen LogP contribution is 2.32. The van der Waals surface area contributed by atoms with Crippen LogP contribution >= 0.6 is 15.9 Å². The van der Waals surface area contributed by atoms with Crippen molar-refractivity contribution >= 4 is 27.7 Å². The summed E-state index contributed by atoms with van der Waals surface area (Å²) < 4.78 is 11.9. The first-order chi connectivity index (χ1) is 13.0. The molecule has 2 N–H and O–H groups in total. The van der Waals surface area contributed by atoms with Crippen LogP contribution in [0.5, 0.6) is 0 Å². The lowest BCUT2D eigenvalue weighted by atomic mass is 10.0. The summed E-state index contributed by atoms with van der Waals surface area (Å²) in [7, 11) is 1.57. The van der Waals surface area contributed by atoms with E-state index in [4.69, 9.17) is 14.7 Å². The molecule has 2 aromatic carbocycles. The Morgan fingerprint density at radius 2 is 1.85 bits per heavy atom. The van der Waals surface area contributed by atoms with Crippen molar-refractivity contribution in [2.75, 3.05) is 7.05 Å². The van der Waals surface area contributed by atoms with Gasteiger partial charge >= 0.3 is 0 Å². The summed E-state index contributed by atoms with van der Waals surface area (Å²) in [6.07, 6.45) is -1.34. The van der Waals surface area contributed by atoms with Crippen LogP contribution in [0.2, 0.25) is 0 Å². The minimum absolute atomic E-state index is 0.249. The van der Waals surface area contributed by atoms with Crippen LogP contribution in [0.3, 0.4) is 0 Å². The molecule has 0 aliphatic carbocycles. The largest absolute Gasteiger partial charge is 0.422 e. The third-order valence-electron chi connectivity index (χ3n) is 3.97. The third-order valence-corrected chi connectivity index (χ3v) is 4.50. The molecular weight excluding hydrogens is 410 g/mol. The maximum absolute atomic E-state index is 10.7. The summed E-state index contributed by atoms with van der Waals surface area (Å²) in [5, 5.41) is 22.9. The fourth-order valence-electron chi connectivity index (χ4n) is 2.61. The molecule has 3 aromatic rings. The first-order valence-corrected chi connectivity index (χ1v) is 8.99. The fraction of sp³-hybridized carbons (Fsp3) is 0.150. The molecule has 0 radical (unpaired) electrons. The lowest BCUT2D eigenvalue weighted by molar-refractivity contribution is 0.220. The van der Waals surface area contributed by atoms with E-state index in [1.807, 2.05) is 54.6 Å². The van der Waals surface area contributed by atoms with Gasteiger partial charge in [0.1, 0.15) is 0 Å². The van der Waals surface area contributed by atoms with Crippen LogP contribution in [-0.2, 0) is 4.74 Å². The Morgan fingerprint density at radius 1 is 1.19 bits per heavy atom. The summed E-state index contributed by atoms with van der Waals surface area (Å²) in [5.41, 5.74) is 2.34. The van der Waals surface area contributed by atoms with Gasteiger partial charge in [-0.25, -0.2) is 0 Å². The molecule has 27 heavy (non-hydrogen) atoms. The number of aliphatic hydroxyl groups excluding tert-OH is 1. The molecule has 0 aliphatic rings. The van der Waals surface area contributed by atoms with Crippen molar-refractivity contribution in [3.63, 3.8) is 0 Å². The Bertz CT molecular complexity index is 966. The highest BCUT2D eigenvalue weighted by atomic mass is 79.9. The second-order valence-electron chi connectivity index (χ2n) is 5.78. The normalized spacial score (nSPS) is 12.7. The molecule has 0 saturated heterocycles. The van der Waals surface area contributed by atoms with Gasteiger partial charge in [0, 0.05) is 22.6 Å². The molecular formula is C20H18BrN3O3. The van der Waals surface area contributed by atoms with Crippen LogP contribution in [0.15, 0.2) is 68.6 Å². The maximum atomic E-state index is 10.7. The van der Waals surface area contributed by atoms with E-state index in [9.17, 15) is 5.11 Å². The van der Waals surface area contributed by atoms with E-state index in [1.54, 1.807) is 14.0 Å². The lowest BCUT2D eigenvalue weighted by Gasteiger charge is -2.15. The number of halogens is 1. The molecule has 0 spiro atoms. The second-order valence-corrected chi connectivity index (χ2v) is 6.70. The topological polar surface area (TPSA) is 91.7 Å². The average Bonchev–Trinajstić information content (AvgIpc) is 3.08. The van der Waals surface area contributed by atoms with Crippen LogP contribution in [0.25, 0.3) is 11.3 Å². The van der Waals surface area contributed by atoms with E-state index in [-0.39, 0.29) is 11.8 Å². The van der Waals surface area contributed by atoms with Crippen LogP contribution in [0.4, 0.5) is 0 Å². The molecule has 0 aliphatic heterocycles. The Kier molecular flexibility index (Phi) is 5.83. The predicted molar refractivity (Wildman–Crippen MR) is 107 cm³/mol. The summed E-state index contributed by atoms with van der Waals surface area (Å²) in [6, 6.07) is 16.6. The number of aryl methyl sites for hydroxylation is 1. The monoisotopic (exact) mass is 427 g/mol. The van der Waals surface area contributed by atoms with E-state index < -0.39 is 6.10 Å². The quantitative estimate of drug-likeness (QED) is 0.472. The maximum Gasteiger partial charge on any atom is 0.223 e. The van der Waals surface area contributed by atoms with Gasteiger partial charge in [-0.1, -0.05) is 51.4 Å². The van der Waals surface area contributed by atoms with E-state index in [1.165, 1.54) is 0 Å². The summed E-state index contributed by atoms with van der Waals surface area (Å²) in [6.45, 7) is 1.71. The lowest BCUT2D eigenvalue weighted by Crippen LogP contribution is -2.20. The first-order valence-electron chi connectivity index (χ1n) is 8.20. The summed E-state index contributed by atoms with van der Waals surface area (Å²) in [4.78, 5) is 4.07. The number of nitrogens with one attached hydrogen (secondary N) is 1. The smallest absolute Gasteiger partial charge is 0.223 e. The molecule has 1 heterocycles. The van der Waals surface area contributed by atoms with E-state index in [0.717, 1.165) is 10.0 Å². The number of hydrogen-bond donors (Lipinski definition) is 2. The minimum atomic E-state index is -1.34. The van der Waals surface area contributed by atoms with Crippen molar-refractivity contribution in [2.45, 2.75) is 13.0 Å². The van der Waals surface area contributed by atoms with Crippen LogP contribution < -0.4 is 0 Å². The molecule has 3 rings (SSSR count). The second kappa shape index (κ2) is 8.28. The standard InChI is InChI=1S/C20H18BrN3O3/c1-12-16(18(27-24-12)13-8-10-15(21)11-9-13)17(25)19(22)26-20(23-2)14-6-4-3-5-7-14/h3-11,17,22,25H,1-2H3. The first kappa shape index (κ1) is 19.0. The molecule has 1 aromatic heterocycles. The number of nitrogens with zero attached hydrogens (tertiary/aromatic N) is 2. The van der Waals surface area contributed by atoms with Gasteiger partial charge in [-0.05, 0) is 31.2 Å². The number of hydrogen-bond acceptors (Lipinski definition) is 6. The number of ether oxygens (including phenoxy) is 1. The zero-order valence-electron chi connectivity index (χ0n) is 14.8. The zero-order valence-corrected chi connectivity index (χ0v) is 16.4. The molecule has 138 valence electrons. The van der Waals surface area contributed by atoms with Gasteiger partial charge in [-0.2, -0.15) is 0 Å². The molecule has 1 unspecified atom stereocenters. The van der Waals surface area contributed by atoms with Crippen LogP contribution in [-0.4, -0.2) is 29.1 Å². The molecule has 0 bridgehead atoms. The average molecular weight is 428 g/mol. The summed E-state index contributed by atoms with van der Waals surface area (Å²) in [5.74, 6) is 0.290. The zero-order chi connectivity index (χ0) is 19.4. The van der Waals surface area contributed by atoms with Gasteiger partial charge in [-0.15, -0.1) is 0 Å². The summed E-state index contributed by atoms with van der Waals surface area (Å²) >= 11 is 3.39. The Balaban J connectivity index is 1.87. The van der Waals surface area contributed by atoms with Gasteiger partial charge < -0.3 is 14.4 Å². The van der Waals surface area contributed by atoms with E-state index >= 15 is 0 Å². The van der Waals surface area contributed by atoms with Gasteiger partial charge in [0.25, 0.3) is 0 Å². The van der Waals surface area contributed by atoms with Gasteiger partial charge in [0.05, 0.1) is 11.3 Å². The van der Waals surface area contributed by atoms with Crippen molar-refractivity contribution in [3.05, 3.63) is 75.9 Å². The molecule has 0 amide bonds. The highest BCUT2D eigenvalue weighted by molar-refractivity contribution is 9.10. The predicted octanol–water partition coefficient (Wildman–Crippen LogP) is 4.52. The number of rotatable bonds is 4. The number of aliphatic hydroxyl groups is 1. The van der Waals surface area contributed by atoms with Crippen LogP contribution in [0, 0.1) is 12.3 Å².